The van der Waals surface area contributed by atoms with Gasteiger partial charge in [0.05, 0.1) is 13.2 Å². The van der Waals surface area contributed by atoms with Crippen molar-refractivity contribution in [3.63, 3.8) is 0 Å². The summed E-state index contributed by atoms with van der Waals surface area (Å²) < 4.78 is 11.4. The largest absolute Gasteiger partial charge is 0.481 e. The number of esters is 1. The third kappa shape index (κ3) is 9.56. The van der Waals surface area contributed by atoms with E-state index in [0.29, 0.717) is 11.6 Å². The number of hydrogen-bond donors (Lipinski definition) is 4. The van der Waals surface area contributed by atoms with E-state index in [0.717, 1.165) is 23.1 Å². The van der Waals surface area contributed by atoms with Gasteiger partial charge in [0.1, 0.15) is 28.1 Å². The average Bonchev–Trinajstić information content (AvgIpc) is 3.69. The number of rotatable bonds is 16. The van der Waals surface area contributed by atoms with Gasteiger partial charge in [-0.05, 0) is 38.1 Å². The van der Waals surface area contributed by atoms with E-state index < -0.39 is 58.9 Å². The molecule has 3 atom stereocenters. The number of alkyl carbamates (subject to hydrolysis) is 1. The molecular weight excluding hydrogens is 709 g/mol. The number of thiazole rings is 1. The van der Waals surface area contributed by atoms with Crippen LogP contribution >= 0.6 is 34.9 Å². The molecule has 49 heavy (non-hydrogen) atoms. The van der Waals surface area contributed by atoms with Crippen LogP contribution in [-0.4, -0.2) is 132 Å². The average molecular weight is 743 g/mol. The fraction of sp³-hybridized carbons (Fsp3) is 0.577. The summed E-state index contributed by atoms with van der Waals surface area (Å²) in [5, 5.41) is 34.5. The molecule has 4 rings (SSSR count). The first-order valence-electron chi connectivity index (χ1n) is 14.6. The van der Waals surface area contributed by atoms with Gasteiger partial charge in [0, 0.05) is 30.0 Å². The maximum Gasteiger partial charge on any atom is 0.407 e. The van der Waals surface area contributed by atoms with Crippen LogP contribution in [0.2, 0.25) is 0 Å². The number of carboxylic acids is 1. The normalized spacial score (nSPS) is 20.4. The highest BCUT2D eigenvalue weighted by molar-refractivity contribution is 8.00. The number of carboxylic acid groups (broad SMARTS) is 1. The summed E-state index contributed by atoms with van der Waals surface area (Å²) in [5.74, 6) is -3.06. The number of hydrogen-bond acceptors (Lipinski definition) is 17. The van der Waals surface area contributed by atoms with Gasteiger partial charge in [-0.15, -0.1) is 28.2 Å². The first-order valence-corrected chi connectivity index (χ1v) is 17.5. The molecule has 2 aromatic heterocycles. The van der Waals surface area contributed by atoms with Crippen molar-refractivity contribution in [3.8, 4) is 0 Å². The Morgan fingerprint density at radius 1 is 1.29 bits per heavy atom. The quantitative estimate of drug-likeness (QED) is 0.0432. The van der Waals surface area contributed by atoms with Crippen LogP contribution in [0.4, 0.5) is 9.93 Å². The Hall–Kier alpha value is -4.51. The van der Waals surface area contributed by atoms with Crippen LogP contribution in [-0.2, 0) is 44.8 Å². The van der Waals surface area contributed by atoms with Gasteiger partial charge in [-0.25, -0.2) is 19.3 Å². The predicted molar refractivity (Wildman–Crippen MR) is 174 cm³/mol. The molecule has 0 aromatic carbocycles. The van der Waals surface area contributed by atoms with Gasteiger partial charge in [-0.3, -0.25) is 19.2 Å². The number of ether oxygens (including phenoxy) is 2. The van der Waals surface area contributed by atoms with E-state index in [2.05, 4.69) is 41.6 Å². The second kappa shape index (κ2) is 16.3. The highest BCUT2D eigenvalue weighted by Crippen LogP contribution is 2.44. The van der Waals surface area contributed by atoms with Gasteiger partial charge in [-0.2, -0.15) is 0 Å². The van der Waals surface area contributed by atoms with Crippen molar-refractivity contribution in [2.45, 2.75) is 56.4 Å². The second-order valence-electron chi connectivity index (χ2n) is 11.4. The Kier molecular flexibility index (Phi) is 12.4. The fourth-order valence-electron chi connectivity index (χ4n) is 4.39. The Morgan fingerprint density at radius 2 is 2.06 bits per heavy atom. The number of aromatic nitrogens is 5. The minimum Gasteiger partial charge on any atom is -0.481 e. The molecule has 0 bridgehead atoms. The number of amides is 4. The summed E-state index contributed by atoms with van der Waals surface area (Å²) >= 11 is 3.30. The molecule has 2 saturated heterocycles. The molecule has 20 nitrogen and oxygen atoms in total. The summed E-state index contributed by atoms with van der Waals surface area (Å²) in [6.07, 6.45) is -0.194. The van der Waals surface area contributed by atoms with Crippen LogP contribution in [0.1, 0.15) is 33.4 Å². The van der Waals surface area contributed by atoms with Crippen molar-refractivity contribution in [3.05, 3.63) is 11.1 Å². The lowest BCUT2D eigenvalue weighted by Gasteiger charge is -2.53. The second-order valence-corrected chi connectivity index (χ2v) is 14.3. The molecular formula is C26H34N10O10S3. The minimum atomic E-state index is -1.36. The first-order chi connectivity index (χ1) is 23.3. The van der Waals surface area contributed by atoms with Crippen LogP contribution in [0.15, 0.2) is 15.7 Å². The zero-order chi connectivity index (χ0) is 35.8. The highest BCUT2D eigenvalue weighted by atomic mass is 32.2. The van der Waals surface area contributed by atoms with Crippen LogP contribution < -0.4 is 16.0 Å². The number of aliphatic carboxylic acids is 1. The fourth-order valence-corrected chi connectivity index (χ4v) is 7.81. The van der Waals surface area contributed by atoms with Gasteiger partial charge in [0.25, 0.3) is 5.91 Å². The summed E-state index contributed by atoms with van der Waals surface area (Å²) in [5.41, 5.74) is -2.37. The summed E-state index contributed by atoms with van der Waals surface area (Å²) in [7, 11) is 0. The molecule has 0 aliphatic carbocycles. The van der Waals surface area contributed by atoms with Crippen molar-refractivity contribution in [1.29, 1.82) is 0 Å². The number of thioether (sulfide) groups is 2. The summed E-state index contributed by atoms with van der Waals surface area (Å²) in [6.45, 7) is 6.59. The van der Waals surface area contributed by atoms with Crippen molar-refractivity contribution in [2.24, 2.45) is 10.6 Å². The van der Waals surface area contributed by atoms with E-state index in [1.165, 1.54) is 26.7 Å². The molecule has 4 amide bonds. The minimum absolute atomic E-state index is 0.0144. The van der Waals surface area contributed by atoms with Gasteiger partial charge in [0.2, 0.25) is 24.1 Å². The van der Waals surface area contributed by atoms with Crippen LogP contribution in [0, 0.1) is 5.41 Å². The molecule has 2 aliphatic rings. The third-order valence-corrected chi connectivity index (χ3v) is 10.2. The van der Waals surface area contributed by atoms with E-state index in [-0.39, 0.29) is 54.3 Å². The zero-order valence-electron chi connectivity index (χ0n) is 26.7. The molecule has 266 valence electrons. The van der Waals surface area contributed by atoms with E-state index in [9.17, 15) is 33.9 Å². The number of nitrogens with one attached hydrogen (secondary N) is 3. The summed E-state index contributed by atoms with van der Waals surface area (Å²) in [4.78, 5) is 84.0. The molecule has 2 unspecified atom stereocenters. The topological polar surface area (TPSA) is 259 Å². The molecule has 2 aromatic rings. The Morgan fingerprint density at radius 3 is 2.76 bits per heavy atom. The maximum atomic E-state index is 13.3. The number of anilines is 1. The van der Waals surface area contributed by atoms with Gasteiger partial charge >= 0.3 is 18.0 Å². The van der Waals surface area contributed by atoms with Gasteiger partial charge in [0.15, 0.2) is 10.8 Å². The lowest BCUT2D eigenvalue weighted by atomic mass is 9.89. The van der Waals surface area contributed by atoms with Crippen LogP contribution in [0.5, 0.6) is 0 Å². The van der Waals surface area contributed by atoms with Crippen molar-refractivity contribution in [2.75, 3.05) is 43.1 Å². The molecule has 4 N–H and O–H groups in total. The highest BCUT2D eigenvalue weighted by Gasteiger charge is 2.57. The van der Waals surface area contributed by atoms with E-state index >= 15 is 0 Å². The zero-order valence-corrected chi connectivity index (χ0v) is 29.2. The standard InChI is InChI=1S/C26H34N10O10S3/c1-5-44-15(38)8-45-32-16(14-9-47-22(29-14)28-13-37)18(39)30-17-19(40)35-10-26(21(41)42,11-48-20(17)35)12-49-23-31-33-34-36(23)7-6-27-24(43)46-25(2,3)4/h9,13,17,20H,5-8,10-12H2,1-4H3,(H,27,43)(H,30,39)(H,41,42)(H,28,29,37)/t17?,20-,26?/m1/s1. The van der Waals surface area contributed by atoms with Gasteiger partial charge in [-0.1, -0.05) is 16.9 Å². The van der Waals surface area contributed by atoms with E-state index in [4.69, 9.17) is 14.3 Å². The lowest BCUT2D eigenvalue weighted by molar-refractivity contribution is -0.157. The predicted octanol–water partition coefficient (Wildman–Crippen LogP) is -0.230. The molecule has 0 radical (unpaired) electrons. The van der Waals surface area contributed by atoms with Gasteiger partial charge < -0.3 is 40.3 Å². The lowest BCUT2D eigenvalue weighted by Crippen LogP contribution is -2.74. The van der Waals surface area contributed by atoms with E-state index in [1.807, 2.05) is 0 Å². The number of β-lactam (4-membered cyclic amide) rings is 1. The van der Waals surface area contributed by atoms with Crippen molar-refractivity contribution >= 4 is 82.0 Å². The number of carbonyl (C=O) groups excluding carboxylic acids is 5. The number of fused-ring (bicyclic) bond motifs is 1. The Bertz CT molecular complexity index is 1590. The molecule has 2 aliphatic heterocycles. The number of carbonyl (C=O) groups is 6. The summed E-state index contributed by atoms with van der Waals surface area (Å²) in [6, 6.07) is -1.01. The first kappa shape index (κ1) is 37.3. The van der Waals surface area contributed by atoms with E-state index in [1.54, 1.807) is 27.7 Å². The molecule has 0 spiro atoms. The third-order valence-electron chi connectivity index (χ3n) is 6.64. The maximum absolute atomic E-state index is 13.3. The number of oxime groups is 1. The smallest absolute Gasteiger partial charge is 0.407 e. The molecule has 2 fully saturated rings. The molecule has 4 heterocycles. The SMILES string of the molecule is CCOC(=O)CON=C(C(=O)NC1C(=O)N2CC(CSc3nnnn3CCNC(=O)OC(C)(C)C)(C(=O)O)CS[C@H]12)c1csc(NC=O)n1. The van der Waals surface area contributed by atoms with Crippen LogP contribution in [0.3, 0.4) is 0 Å². The molecule has 0 saturated carbocycles. The number of nitrogens with zero attached hydrogens (tertiary/aromatic N) is 7. The Labute approximate surface area is 291 Å². The number of tetrazole rings is 1. The van der Waals surface area contributed by atoms with Crippen molar-refractivity contribution in [1.82, 2.24) is 40.7 Å². The monoisotopic (exact) mass is 742 g/mol. The van der Waals surface area contributed by atoms with Crippen molar-refractivity contribution < 1.29 is 48.2 Å². The molecule has 23 heteroatoms. The Balaban J connectivity index is 1.37. The van der Waals surface area contributed by atoms with Crippen LogP contribution in [0.25, 0.3) is 0 Å².